The van der Waals surface area contributed by atoms with Crippen LogP contribution in [-0.4, -0.2) is 6.10 Å². The molecular weight excluding hydrogens is 246 g/mol. The van der Waals surface area contributed by atoms with Crippen LogP contribution >= 0.6 is 0 Å². The lowest BCUT2D eigenvalue weighted by Gasteiger charge is -2.54. The van der Waals surface area contributed by atoms with Gasteiger partial charge in [0, 0.05) is 6.54 Å². The average Bonchev–Trinajstić information content (AvgIpc) is 2.46. The number of rotatable bonds is 4. The van der Waals surface area contributed by atoms with Gasteiger partial charge in [0.1, 0.15) is 0 Å². The van der Waals surface area contributed by atoms with E-state index in [-0.39, 0.29) is 0 Å². The van der Waals surface area contributed by atoms with Crippen molar-refractivity contribution in [1.82, 2.24) is 0 Å². The van der Waals surface area contributed by atoms with Crippen molar-refractivity contribution in [2.75, 3.05) is 0 Å². The van der Waals surface area contributed by atoms with Crippen LogP contribution in [0, 0.1) is 23.7 Å². The molecule has 0 heterocycles. The largest absolute Gasteiger partial charge is 0.373 e. The van der Waals surface area contributed by atoms with Gasteiger partial charge in [0.25, 0.3) is 0 Å². The summed E-state index contributed by atoms with van der Waals surface area (Å²) in [5, 5.41) is 0. The minimum Gasteiger partial charge on any atom is -0.373 e. The topological polar surface area (TPSA) is 35.2 Å². The standard InChI is InChI=1S/C18H25NO/c19-10-12-1-3-13(4-2-12)11-20-18-16-6-14-5-15(8-16)9-17(18)7-14/h1-4,14-18H,5-11,19H2. The fourth-order valence-corrected chi connectivity index (χ4v) is 5.11. The van der Waals surface area contributed by atoms with Gasteiger partial charge in [-0.05, 0) is 66.9 Å². The molecule has 4 bridgehead atoms. The van der Waals surface area contributed by atoms with Gasteiger partial charge in [-0.1, -0.05) is 24.3 Å². The highest BCUT2D eigenvalue weighted by Gasteiger charge is 2.48. The minimum absolute atomic E-state index is 0.539. The molecule has 0 atom stereocenters. The first-order valence-corrected chi connectivity index (χ1v) is 8.21. The number of nitrogens with two attached hydrogens (primary N) is 1. The molecule has 4 saturated carbocycles. The Morgan fingerprint density at radius 2 is 1.40 bits per heavy atom. The third-order valence-electron chi connectivity index (χ3n) is 5.84. The second-order valence-electron chi connectivity index (χ2n) is 7.23. The first-order valence-electron chi connectivity index (χ1n) is 8.21. The summed E-state index contributed by atoms with van der Waals surface area (Å²) in [7, 11) is 0. The summed E-state index contributed by atoms with van der Waals surface area (Å²) >= 11 is 0. The molecule has 0 unspecified atom stereocenters. The molecule has 4 fully saturated rings. The number of ether oxygens (including phenoxy) is 1. The van der Waals surface area contributed by atoms with E-state index in [9.17, 15) is 0 Å². The lowest BCUT2D eigenvalue weighted by molar-refractivity contribution is -0.132. The first kappa shape index (κ1) is 12.8. The molecule has 4 aliphatic carbocycles. The molecule has 4 aliphatic rings. The van der Waals surface area contributed by atoms with Crippen molar-refractivity contribution < 1.29 is 4.74 Å². The van der Waals surface area contributed by atoms with Gasteiger partial charge < -0.3 is 10.5 Å². The van der Waals surface area contributed by atoms with Gasteiger partial charge in [0.15, 0.2) is 0 Å². The normalized spacial score (nSPS) is 38.4. The predicted molar refractivity (Wildman–Crippen MR) is 80.0 cm³/mol. The summed E-state index contributed by atoms with van der Waals surface area (Å²) in [4.78, 5) is 0. The Morgan fingerprint density at radius 1 is 0.850 bits per heavy atom. The fourth-order valence-electron chi connectivity index (χ4n) is 5.11. The van der Waals surface area contributed by atoms with Crippen molar-refractivity contribution in [1.29, 1.82) is 0 Å². The second-order valence-corrected chi connectivity index (χ2v) is 7.23. The van der Waals surface area contributed by atoms with Crippen LogP contribution in [0.2, 0.25) is 0 Å². The van der Waals surface area contributed by atoms with Gasteiger partial charge in [0.05, 0.1) is 12.7 Å². The van der Waals surface area contributed by atoms with E-state index >= 15 is 0 Å². The zero-order valence-electron chi connectivity index (χ0n) is 12.1. The Morgan fingerprint density at radius 3 is 1.95 bits per heavy atom. The van der Waals surface area contributed by atoms with Crippen LogP contribution in [0.4, 0.5) is 0 Å². The van der Waals surface area contributed by atoms with Gasteiger partial charge in [0.2, 0.25) is 0 Å². The summed E-state index contributed by atoms with van der Waals surface area (Å²) in [6, 6.07) is 8.57. The van der Waals surface area contributed by atoms with Gasteiger partial charge >= 0.3 is 0 Å². The molecule has 20 heavy (non-hydrogen) atoms. The molecule has 0 aromatic heterocycles. The Balaban J connectivity index is 1.39. The van der Waals surface area contributed by atoms with E-state index in [1.807, 2.05) is 0 Å². The highest BCUT2D eigenvalue weighted by atomic mass is 16.5. The predicted octanol–water partition coefficient (Wildman–Crippen LogP) is 3.49. The minimum atomic E-state index is 0.539. The molecule has 0 radical (unpaired) electrons. The van der Waals surface area contributed by atoms with Crippen molar-refractivity contribution in [2.24, 2.45) is 29.4 Å². The zero-order valence-corrected chi connectivity index (χ0v) is 12.1. The van der Waals surface area contributed by atoms with Crippen molar-refractivity contribution in [3.63, 3.8) is 0 Å². The van der Waals surface area contributed by atoms with E-state index in [1.54, 1.807) is 0 Å². The van der Waals surface area contributed by atoms with Gasteiger partial charge in [-0.2, -0.15) is 0 Å². The van der Waals surface area contributed by atoms with Crippen molar-refractivity contribution >= 4 is 0 Å². The number of hydrogen-bond acceptors (Lipinski definition) is 2. The average molecular weight is 271 g/mol. The van der Waals surface area contributed by atoms with Crippen LogP contribution in [0.3, 0.4) is 0 Å². The van der Waals surface area contributed by atoms with E-state index in [2.05, 4.69) is 24.3 Å². The number of benzene rings is 1. The molecule has 0 amide bonds. The van der Waals surface area contributed by atoms with E-state index in [1.165, 1.54) is 43.2 Å². The third-order valence-corrected chi connectivity index (χ3v) is 5.84. The van der Waals surface area contributed by atoms with E-state index in [0.29, 0.717) is 12.6 Å². The molecule has 2 heteroatoms. The lowest BCUT2D eigenvalue weighted by atomic mass is 9.55. The van der Waals surface area contributed by atoms with Crippen LogP contribution in [0.25, 0.3) is 0 Å². The smallest absolute Gasteiger partial charge is 0.0720 e. The third kappa shape index (κ3) is 2.29. The summed E-state index contributed by atoms with van der Waals surface area (Å²) in [5.41, 5.74) is 8.12. The van der Waals surface area contributed by atoms with E-state index < -0.39 is 0 Å². The highest BCUT2D eigenvalue weighted by molar-refractivity contribution is 5.21. The maximum absolute atomic E-state index is 6.35. The summed E-state index contributed by atoms with van der Waals surface area (Å²) in [6.07, 6.45) is 7.79. The quantitative estimate of drug-likeness (QED) is 0.910. The first-order chi connectivity index (χ1) is 9.81. The lowest BCUT2D eigenvalue weighted by Crippen LogP contribution is -2.49. The second kappa shape index (κ2) is 5.16. The van der Waals surface area contributed by atoms with Gasteiger partial charge in [-0.15, -0.1) is 0 Å². The van der Waals surface area contributed by atoms with E-state index in [4.69, 9.17) is 10.5 Å². The molecule has 5 rings (SSSR count). The molecule has 0 spiro atoms. The Kier molecular flexibility index (Phi) is 3.31. The van der Waals surface area contributed by atoms with Gasteiger partial charge in [-0.3, -0.25) is 0 Å². The zero-order chi connectivity index (χ0) is 13.5. The van der Waals surface area contributed by atoms with Crippen molar-refractivity contribution in [3.05, 3.63) is 35.4 Å². The van der Waals surface area contributed by atoms with E-state index in [0.717, 1.165) is 30.3 Å². The Bertz CT molecular complexity index is 439. The molecule has 2 N–H and O–H groups in total. The Hall–Kier alpha value is -0.860. The molecule has 0 saturated heterocycles. The summed E-state index contributed by atoms with van der Waals surface area (Å²) in [6.45, 7) is 1.40. The monoisotopic (exact) mass is 271 g/mol. The SMILES string of the molecule is NCc1ccc(COC2C3CC4CC(C3)CC2C4)cc1. The van der Waals surface area contributed by atoms with Crippen LogP contribution < -0.4 is 5.73 Å². The maximum atomic E-state index is 6.35. The van der Waals surface area contributed by atoms with Gasteiger partial charge in [-0.25, -0.2) is 0 Å². The Labute approximate surface area is 121 Å². The number of hydrogen-bond donors (Lipinski definition) is 1. The van der Waals surface area contributed by atoms with Crippen molar-refractivity contribution in [3.8, 4) is 0 Å². The van der Waals surface area contributed by atoms with Crippen LogP contribution in [-0.2, 0) is 17.9 Å². The molecule has 0 aliphatic heterocycles. The maximum Gasteiger partial charge on any atom is 0.0720 e. The molecule has 1 aromatic carbocycles. The van der Waals surface area contributed by atoms with Crippen LogP contribution in [0.1, 0.15) is 43.2 Å². The highest BCUT2D eigenvalue weighted by Crippen LogP contribution is 2.54. The molecule has 1 aromatic rings. The summed E-state index contributed by atoms with van der Waals surface area (Å²) < 4.78 is 6.35. The van der Waals surface area contributed by atoms with Crippen LogP contribution in [0.5, 0.6) is 0 Å². The van der Waals surface area contributed by atoms with Crippen molar-refractivity contribution in [2.45, 2.75) is 51.4 Å². The summed E-state index contributed by atoms with van der Waals surface area (Å²) in [5.74, 6) is 3.77. The molecular formula is C18H25NO. The molecule has 108 valence electrons. The fraction of sp³-hybridized carbons (Fsp3) is 0.667. The van der Waals surface area contributed by atoms with Crippen LogP contribution in [0.15, 0.2) is 24.3 Å². The molecule has 2 nitrogen and oxygen atoms in total.